The van der Waals surface area contributed by atoms with Crippen LogP contribution in [-0.2, 0) is 10.1 Å². The minimum absolute atomic E-state index is 0. The van der Waals surface area contributed by atoms with Gasteiger partial charge in [-0.2, -0.15) is 43.9 Å². The molecule has 0 rings (SSSR count). The molecule has 4 unspecified atom stereocenters. The van der Waals surface area contributed by atoms with Crippen molar-refractivity contribution in [2.45, 2.75) is 60.1 Å². The first-order chi connectivity index (χ1) is 12.8. The van der Waals surface area contributed by atoms with Crippen molar-refractivity contribution in [3.63, 3.8) is 0 Å². The zero-order chi connectivity index (χ0) is 24.9. The standard InChI is InChI=1S/C10H6F16O3S.Li/c11-1(2(12)4(14)15)3(13)6(17,18)8(21,22)10(25,26)9(23,24)7(19,20)5(16)30(27,28)29;/h1-5H,(H,27,28,29);/q;+1/p-1. The molecule has 0 aliphatic rings. The monoisotopic (exact) mass is 516 g/mol. The summed E-state index contributed by atoms with van der Waals surface area (Å²) >= 11 is 0. The van der Waals surface area contributed by atoms with E-state index in [0.29, 0.717) is 0 Å². The van der Waals surface area contributed by atoms with Crippen LogP contribution in [-0.4, -0.2) is 73.0 Å². The Morgan fingerprint density at radius 2 is 0.903 bits per heavy atom. The summed E-state index contributed by atoms with van der Waals surface area (Å²) in [6.07, 6.45) is -20.3. The van der Waals surface area contributed by atoms with Gasteiger partial charge in [0.25, 0.3) is 11.9 Å². The first kappa shape index (κ1) is 32.6. The molecule has 4 atom stereocenters. The molecule has 0 bridgehead atoms. The van der Waals surface area contributed by atoms with E-state index in [0.717, 1.165) is 0 Å². The van der Waals surface area contributed by atoms with Crippen LogP contribution in [0, 0.1) is 0 Å². The van der Waals surface area contributed by atoms with Gasteiger partial charge in [0.05, 0.1) is 0 Å². The van der Waals surface area contributed by atoms with Crippen LogP contribution in [0.1, 0.15) is 0 Å². The summed E-state index contributed by atoms with van der Waals surface area (Å²) in [4.78, 5) is 0. The van der Waals surface area contributed by atoms with Crippen molar-refractivity contribution >= 4 is 10.1 Å². The van der Waals surface area contributed by atoms with E-state index in [4.69, 9.17) is 0 Å². The Hall–Kier alpha value is -0.613. The van der Waals surface area contributed by atoms with E-state index in [9.17, 15) is 83.2 Å². The average Bonchev–Trinajstić information content (AvgIpc) is 2.57. The van der Waals surface area contributed by atoms with Crippen LogP contribution < -0.4 is 18.9 Å². The SMILES string of the molecule is O=S(=O)([O-])C(F)C(F)(F)C(F)(F)C(F)(F)C(F)(F)C(F)(F)C(F)C(F)C(F)C(F)F.[Li+]. The molecule has 0 amide bonds. The second kappa shape index (κ2) is 9.33. The molecule has 0 aromatic rings. The number of alkyl halides is 16. The van der Waals surface area contributed by atoms with Gasteiger partial charge >= 0.3 is 48.5 Å². The molecule has 0 saturated heterocycles. The van der Waals surface area contributed by atoms with Crippen LogP contribution in [0.3, 0.4) is 0 Å². The van der Waals surface area contributed by atoms with E-state index in [1.165, 1.54) is 0 Å². The molecule has 0 saturated carbocycles. The largest absolute Gasteiger partial charge is 1.00 e. The van der Waals surface area contributed by atoms with E-state index in [1.54, 1.807) is 0 Å². The van der Waals surface area contributed by atoms with Crippen LogP contribution in [0.2, 0.25) is 0 Å². The van der Waals surface area contributed by atoms with Gasteiger partial charge in [0.1, 0.15) is 10.1 Å². The van der Waals surface area contributed by atoms with E-state index < -0.39 is 70.2 Å². The molecule has 182 valence electrons. The first-order valence-electron chi connectivity index (χ1n) is 6.51. The molecule has 0 radical (unpaired) electrons. The summed E-state index contributed by atoms with van der Waals surface area (Å²) in [5.74, 6) is -40.1. The van der Waals surface area contributed by atoms with Crippen LogP contribution in [0.15, 0.2) is 0 Å². The second-order valence-electron chi connectivity index (χ2n) is 5.40. The van der Waals surface area contributed by atoms with Crippen LogP contribution in [0.25, 0.3) is 0 Å². The molecule has 0 heterocycles. The third-order valence-corrected chi connectivity index (χ3v) is 4.14. The molecule has 0 aliphatic carbocycles. The molecule has 0 aromatic carbocycles. The fourth-order valence-electron chi connectivity index (χ4n) is 1.61. The summed E-state index contributed by atoms with van der Waals surface area (Å²) in [6, 6.07) is 0. The summed E-state index contributed by atoms with van der Waals surface area (Å²) in [5.41, 5.74) is -5.93. The Morgan fingerprint density at radius 3 is 1.19 bits per heavy atom. The van der Waals surface area contributed by atoms with E-state index >= 15 is 0 Å². The maximum Gasteiger partial charge on any atom is 1.00 e. The van der Waals surface area contributed by atoms with E-state index in [2.05, 4.69) is 0 Å². The number of rotatable bonds is 10. The van der Waals surface area contributed by atoms with Crippen molar-refractivity contribution in [1.82, 2.24) is 0 Å². The van der Waals surface area contributed by atoms with Gasteiger partial charge in [-0.25, -0.2) is 34.8 Å². The quantitative estimate of drug-likeness (QED) is 0.250. The Kier molecular flexibility index (Phi) is 9.80. The summed E-state index contributed by atoms with van der Waals surface area (Å²) in [6.45, 7) is 0. The van der Waals surface area contributed by atoms with Gasteiger partial charge in [0.15, 0.2) is 12.3 Å². The van der Waals surface area contributed by atoms with E-state index in [1.807, 2.05) is 0 Å². The molecule has 0 spiro atoms. The van der Waals surface area contributed by atoms with Crippen molar-refractivity contribution in [2.75, 3.05) is 0 Å². The molecule has 0 aliphatic heterocycles. The summed E-state index contributed by atoms with van der Waals surface area (Å²) in [5, 5.41) is 0. The van der Waals surface area contributed by atoms with Crippen molar-refractivity contribution in [3.05, 3.63) is 0 Å². The maximum atomic E-state index is 13.3. The third kappa shape index (κ3) is 5.16. The Labute approximate surface area is 173 Å². The first-order valence-corrected chi connectivity index (χ1v) is 7.98. The van der Waals surface area contributed by atoms with Gasteiger partial charge in [0.2, 0.25) is 6.17 Å². The van der Waals surface area contributed by atoms with Crippen LogP contribution in [0.5, 0.6) is 0 Å². The van der Waals surface area contributed by atoms with Crippen LogP contribution >= 0.6 is 0 Å². The minimum Gasteiger partial charge on any atom is -0.746 e. The molecule has 3 nitrogen and oxygen atoms in total. The van der Waals surface area contributed by atoms with Gasteiger partial charge in [-0.05, 0) is 0 Å². The number of halogens is 16. The Morgan fingerprint density at radius 1 is 0.581 bits per heavy atom. The van der Waals surface area contributed by atoms with Gasteiger partial charge in [-0.3, -0.25) is 0 Å². The molecular weight excluding hydrogens is 511 g/mol. The fourth-order valence-corrected chi connectivity index (χ4v) is 2.12. The number of hydrogen-bond donors (Lipinski definition) is 0. The van der Waals surface area contributed by atoms with Gasteiger partial charge in [0, 0.05) is 0 Å². The fraction of sp³-hybridized carbons (Fsp3) is 1.00. The minimum atomic E-state index is -8.37. The van der Waals surface area contributed by atoms with Gasteiger partial charge < -0.3 is 4.55 Å². The smallest absolute Gasteiger partial charge is 0.746 e. The summed E-state index contributed by atoms with van der Waals surface area (Å²) < 4.78 is 237. The zero-order valence-corrected chi connectivity index (χ0v) is 14.9. The van der Waals surface area contributed by atoms with Crippen LogP contribution in [0.4, 0.5) is 70.2 Å². The molecule has 21 heteroatoms. The predicted molar refractivity (Wildman–Crippen MR) is 60.0 cm³/mol. The molecule has 0 fully saturated rings. The Balaban J connectivity index is 0. The third-order valence-electron chi connectivity index (χ3n) is 3.34. The molecule has 0 N–H and O–H groups in total. The maximum absolute atomic E-state index is 13.3. The Bertz CT molecular complexity index is 712. The topological polar surface area (TPSA) is 57.2 Å². The van der Waals surface area contributed by atoms with Crippen molar-refractivity contribution in [1.29, 1.82) is 0 Å². The molecule has 0 aromatic heterocycles. The zero-order valence-electron chi connectivity index (χ0n) is 14.1. The summed E-state index contributed by atoms with van der Waals surface area (Å²) in [7, 11) is -7.31. The van der Waals surface area contributed by atoms with E-state index in [-0.39, 0.29) is 18.9 Å². The van der Waals surface area contributed by atoms with Crippen molar-refractivity contribution in [2.24, 2.45) is 0 Å². The molecule has 31 heavy (non-hydrogen) atoms. The normalized spacial score (nSPS) is 18.9. The average molecular weight is 516 g/mol. The molecular formula is C10H5F16LiO3S. The number of hydrogen-bond acceptors (Lipinski definition) is 3. The van der Waals surface area contributed by atoms with Gasteiger partial charge in [-0.1, -0.05) is 0 Å². The second-order valence-corrected chi connectivity index (χ2v) is 6.80. The predicted octanol–water partition coefficient (Wildman–Crippen LogP) is 1.29. The van der Waals surface area contributed by atoms with Crippen molar-refractivity contribution < 1.29 is 102 Å². The van der Waals surface area contributed by atoms with Crippen molar-refractivity contribution in [3.8, 4) is 0 Å². The van der Waals surface area contributed by atoms with Gasteiger partial charge in [-0.15, -0.1) is 0 Å².